The van der Waals surface area contributed by atoms with Gasteiger partial charge < -0.3 is 5.32 Å². The predicted molar refractivity (Wildman–Crippen MR) is 96.9 cm³/mol. The van der Waals surface area contributed by atoms with Crippen LogP contribution in [0.4, 0.5) is 18.3 Å². The Morgan fingerprint density at radius 2 is 1.82 bits per heavy atom. The van der Waals surface area contributed by atoms with Crippen molar-refractivity contribution in [2.45, 2.75) is 11.4 Å². The molecule has 3 rings (SSSR count). The summed E-state index contributed by atoms with van der Waals surface area (Å²) in [5.41, 5.74) is -0.115. The van der Waals surface area contributed by atoms with Crippen LogP contribution in [0.3, 0.4) is 0 Å². The van der Waals surface area contributed by atoms with E-state index in [1.807, 2.05) is 0 Å². The Bertz CT molecular complexity index is 1120. The molecule has 0 saturated heterocycles. The quantitative estimate of drug-likeness (QED) is 0.632. The third-order valence-corrected chi connectivity index (χ3v) is 5.74. The van der Waals surface area contributed by atoms with Crippen molar-refractivity contribution in [2.24, 2.45) is 0 Å². The first-order valence-corrected chi connectivity index (χ1v) is 10.1. The fourth-order valence-electron chi connectivity index (χ4n) is 2.22. The zero-order valence-electron chi connectivity index (χ0n) is 13.9. The van der Waals surface area contributed by atoms with Gasteiger partial charge in [-0.15, -0.1) is 11.3 Å². The molecule has 0 fully saturated rings. The first-order chi connectivity index (χ1) is 13.3. The molecule has 0 radical (unpaired) electrons. The van der Waals surface area contributed by atoms with Crippen molar-refractivity contribution in [3.63, 3.8) is 0 Å². The lowest BCUT2D eigenvalue weighted by molar-refractivity contribution is 0.0946. The van der Waals surface area contributed by atoms with Gasteiger partial charge in [0.05, 0.1) is 10.5 Å². The summed E-state index contributed by atoms with van der Waals surface area (Å²) < 4.78 is 67.0. The van der Waals surface area contributed by atoms with Gasteiger partial charge in [-0.2, -0.15) is 0 Å². The standard InChI is InChI=1S/C17H12F3N3O3S2/c18-13-4-1-10(7-15(13)20)9-22-16(24)12-3-2-11(8-14(12)19)28(25,26)23-17-21-5-6-27-17/h1-8H,9H2,(H,21,23)(H,22,24). The molecular weight excluding hydrogens is 415 g/mol. The van der Waals surface area contributed by atoms with Crippen molar-refractivity contribution in [3.05, 3.63) is 76.6 Å². The maximum Gasteiger partial charge on any atom is 0.263 e. The van der Waals surface area contributed by atoms with Crippen LogP contribution in [0, 0.1) is 17.5 Å². The Balaban J connectivity index is 1.72. The highest BCUT2D eigenvalue weighted by Crippen LogP contribution is 2.20. The molecule has 0 aliphatic carbocycles. The molecule has 0 bridgehead atoms. The molecule has 146 valence electrons. The van der Waals surface area contributed by atoms with Gasteiger partial charge in [-0.05, 0) is 35.9 Å². The molecule has 11 heteroatoms. The molecule has 0 atom stereocenters. The molecule has 1 heterocycles. The van der Waals surface area contributed by atoms with E-state index in [4.69, 9.17) is 0 Å². The first kappa shape index (κ1) is 19.8. The second-order valence-electron chi connectivity index (χ2n) is 5.52. The molecule has 0 unspecified atom stereocenters. The highest BCUT2D eigenvalue weighted by atomic mass is 32.2. The number of hydrogen-bond acceptors (Lipinski definition) is 5. The van der Waals surface area contributed by atoms with Gasteiger partial charge in [0.15, 0.2) is 16.8 Å². The van der Waals surface area contributed by atoms with Gasteiger partial charge in [0, 0.05) is 18.1 Å². The van der Waals surface area contributed by atoms with Crippen LogP contribution in [0.2, 0.25) is 0 Å². The summed E-state index contributed by atoms with van der Waals surface area (Å²) in [7, 11) is -4.06. The number of hydrogen-bond donors (Lipinski definition) is 2. The summed E-state index contributed by atoms with van der Waals surface area (Å²) >= 11 is 1.05. The molecule has 2 aromatic carbocycles. The number of aromatic nitrogens is 1. The number of nitrogens with one attached hydrogen (secondary N) is 2. The SMILES string of the molecule is O=C(NCc1ccc(F)c(F)c1)c1ccc(S(=O)(=O)Nc2nccs2)cc1F. The number of carbonyl (C=O) groups is 1. The van der Waals surface area contributed by atoms with Gasteiger partial charge in [0.25, 0.3) is 15.9 Å². The molecule has 0 aliphatic rings. The molecule has 0 aliphatic heterocycles. The molecule has 1 aromatic heterocycles. The second-order valence-corrected chi connectivity index (χ2v) is 8.09. The summed E-state index contributed by atoms with van der Waals surface area (Å²) in [6.45, 7) is -0.166. The van der Waals surface area contributed by atoms with Gasteiger partial charge in [0.1, 0.15) is 5.82 Å². The van der Waals surface area contributed by atoms with Crippen LogP contribution in [0.1, 0.15) is 15.9 Å². The molecule has 0 spiro atoms. The molecule has 6 nitrogen and oxygen atoms in total. The fraction of sp³-hybridized carbons (Fsp3) is 0.0588. The zero-order chi connectivity index (χ0) is 20.3. The van der Waals surface area contributed by atoms with Crippen molar-refractivity contribution < 1.29 is 26.4 Å². The Morgan fingerprint density at radius 1 is 1.04 bits per heavy atom. The summed E-state index contributed by atoms with van der Waals surface area (Å²) in [6.07, 6.45) is 1.41. The minimum atomic E-state index is -4.06. The third kappa shape index (κ3) is 4.49. The number of anilines is 1. The predicted octanol–water partition coefficient (Wildman–Crippen LogP) is 3.29. The van der Waals surface area contributed by atoms with E-state index in [1.54, 1.807) is 5.38 Å². The van der Waals surface area contributed by atoms with Gasteiger partial charge in [-0.25, -0.2) is 26.6 Å². The Kier molecular flexibility index (Phi) is 5.66. The third-order valence-electron chi connectivity index (χ3n) is 3.59. The van der Waals surface area contributed by atoms with E-state index in [-0.39, 0.29) is 22.1 Å². The Morgan fingerprint density at radius 3 is 2.46 bits per heavy atom. The first-order valence-electron chi connectivity index (χ1n) is 7.70. The minimum Gasteiger partial charge on any atom is -0.348 e. The molecular formula is C17H12F3N3O3S2. The van der Waals surface area contributed by atoms with Crippen molar-refractivity contribution in [2.75, 3.05) is 4.72 Å². The molecule has 0 saturated carbocycles. The largest absolute Gasteiger partial charge is 0.348 e. The van der Waals surface area contributed by atoms with Crippen LogP contribution in [0.25, 0.3) is 0 Å². The van der Waals surface area contributed by atoms with Crippen molar-refractivity contribution in [3.8, 4) is 0 Å². The smallest absolute Gasteiger partial charge is 0.263 e. The summed E-state index contributed by atoms with van der Waals surface area (Å²) in [4.78, 5) is 15.5. The average Bonchev–Trinajstić information content (AvgIpc) is 3.14. The van der Waals surface area contributed by atoms with Gasteiger partial charge in [-0.1, -0.05) is 6.07 Å². The van der Waals surface area contributed by atoms with E-state index in [0.717, 1.165) is 35.6 Å². The highest BCUT2D eigenvalue weighted by Gasteiger charge is 2.20. The zero-order valence-corrected chi connectivity index (χ0v) is 15.6. The lowest BCUT2D eigenvalue weighted by atomic mass is 10.1. The lowest BCUT2D eigenvalue weighted by Crippen LogP contribution is -2.24. The van der Waals surface area contributed by atoms with Crippen LogP contribution >= 0.6 is 11.3 Å². The summed E-state index contributed by atoms with van der Waals surface area (Å²) in [6, 6.07) is 5.90. The number of nitrogens with zero attached hydrogens (tertiary/aromatic N) is 1. The van der Waals surface area contributed by atoms with Crippen molar-refractivity contribution >= 4 is 32.4 Å². The fourth-order valence-corrected chi connectivity index (χ4v) is 4.02. The summed E-state index contributed by atoms with van der Waals surface area (Å²) in [5, 5.41) is 4.04. The van der Waals surface area contributed by atoms with E-state index in [0.29, 0.717) is 6.07 Å². The maximum absolute atomic E-state index is 14.3. The number of thiazole rings is 1. The van der Waals surface area contributed by atoms with E-state index >= 15 is 0 Å². The second kappa shape index (κ2) is 7.98. The van der Waals surface area contributed by atoms with Gasteiger partial charge in [-0.3, -0.25) is 9.52 Å². The van der Waals surface area contributed by atoms with Crippen LogP contribution in [0.15, 0.2) is 52.9 Å². The molecule has 3 aromatic rings. The van der Waals surface area contributed by atoms with Crippen LogP contribution in [-0.2, 0) is 16.6 Å². The number of halogens is 3. The summed E-state index contributed by atoms with van der Waals surface area (Å²) in [5.74, 6) is -3.98. The number of sulfonamides is 1. The van der Waals surface area contributed by atoms with Crippen LogP contribution in [0.5, 0.6) is 0 Å². The van der Waals surface area contributed by atoms with Crippen LogP contribution in [-0.4, -0.2) is 19.3 Å². The number of carbonyl (C=O) groups excluding carboxylic acids is 1. The topological polar surface area (TPSA) is 88.2 Å². The monoisotopic (exact) mass is 427 g/mol. The minimum absolute atomic E-state index is 0.119. The van der Waals surface area contributed by atoms with E-state index in [1.165, 1.54) is 12.3 Å². The lowest BCUT2D eigenvalue weighted by Gasteiger charge is -2.09. The molecule has 28 heavy (non-hydrogen) atoms. The van der Waals surface area contributed by atoms with Gasteiger partial charge >= 0.3 is 0 Å². The number of amides is 1. The molecule has 1 amide bonds. The Hall–Kier alpha value is -2.92. The maximum atomic E-state index is 14.3. The van der Waals surface area contributed by atoms with Gasteiger partial charge in [0.2, 0.25) is 0 Å². The van der Waals surface area contributed by atoms with Crippen molar-refractivity contribution in [1.82, 2.24) is 10.3 Å². The van der Waals surface area contributed by atoms with E-state index in [9.17, 15) is 26.4 Å². The van der Waals surface area contributed by atoms with Crippen molar-refractivity contribution in [1.29, 1.82) is 0 Å². The highest BCUT2D eigenvalue weighted by molar-refractivity contribution is 7.93. The number of benzene rings is 2. The Labute approximate surface area is 162 Å². The normalized spacial score (nSPS) is 11.2. The van der Waals surface area contributed by atoms with Crippen LogP contribution < -0.4 is 10.0 Å². The van der Waals surface area contributed by atoms with E-state index < -0.39 is 38.9 Å². The van der Waals surface area contributed by atoms with E-state index in [2.05, 4.69) is 15.0 Å². The average molecular weight is 427 g/mol. The molecule has 2 N–H and O–H groups in total. The number of rotatable bonds is 6.